The number of hydrogen-bond donors (Lipinski definition) is 4. The van der Waals surface area contributed by atoms with Crippen molar-refractivity contribution in [2.45, 2.75) is 13.2 Å². The number of amides is 2. The molecule has 1 aromatic heterocycles. The molecule has 0 saturated carbocycles. The highest BCUT2D eigenvalue weighted by molar-refractivity contribution is 6.34. The average Bonchev–Trinajstić information content (AvgIpc) is 2.88. The first kappa shape index (κ1) is 15.3. The van der Waals surface area contributed by atoms with Crippen molar-refractivity contribution >= 4 is 34.4 Å². The molecule has 0 radical (unpaired) electrons. The summed E-state index contributed by atoms with van der Waals surface area (Å²) in [7, 11) is 0. The Morgan fingerprint density at radius 1 is 1.30 bits per heavy atom. The SMILES string of the molecule is CC(O)NC(=O)Nc1n[nH]c2cc(Cl)c(-c3ccccc3)cc12. The van der Waals surface area contributed by atoms with E-state index in [1.165, 1.54) is 6.92 Å². The molecule has 0 aliphatic carbocycles. The number of halogens is 1. The maximum absolute atomic E-state index is 11.7. The molecular formula is C16H15ClN4O2. The van der Waals surface area contributed by atoms with Gasteiger partial charge in [-0.15, -0.1) is 0 Å². The molecule has 0 saturated heterocycles. The summed E-state index contributed by atoms with van der Waals surface area (Å²) in [5.41, 5.74) is 2.53. The fraction of sp³-hybridized carbons (Fsp3) is 0.125. The second-order valence-corrected chi connectivity index (χ2v) is 5.50. The van der Waals surface area contributed by atoms with Crippen LogP contribution in [0.4, 0.5) is 10.6 Å². The standard InChI is InChI=1S/C16H15ClN4O2/c1-9(22)18-16(23)19-15-12-7-11(10-5-3-2-4-6-10)13(17)8-14(12)20-21-15/h2-9,22H,1H3,(H3,18,19,20,21,23). The van der Waals surface area contributed by atoms with Crippen LogP contribution >= 0.6 is 11.6 Å². The van der Waals surface area contributed by atoms with E-state index in [4.69, 9.17) is 11.6 Å². The van der Waals surface area contributed by atoms with Gasteiger partial charge in [0.1, 0.15) is 6.23 Å². The summed E-state index contributed by atoms with van der Waals surface area (Å²) < 4.78 is 0. The Balaban J connectivity index is 2.00. The molecule has 3 rings (SSSR count). The largest absolute Gasteiger partial charge is 0.374 e. The maximum atomic E-state index is 11.7. The van der Waals surface area contributed by atoms with Crippen LogP contribution in [-0.4, -0.2) is 27.6 Å². The number of fused-ring (bicyclic) bond motifs is 1. The second kappa shape index (κ2) is 6.28. The van der Waals surface area contributed by atoms with Crippen molar-refractivity contribution in [1.29, 1.82) is 0 Å². The number of nitrogens with zero attached hydrogens (tertiary/aromatic N) is 1. The van der Waals surface area contributed by atoms with Gasteiger partial charge in [0, 0.05) is 10.9 Å². The number of rotatable bonds is 3. The predicted molar refractivity (Wildman–Crippen MR) is 90.4 cm³/mol. The Morgan fingerprint density at radius 2 is 2.04 bits per heavy atom. The first-order chi connectivity index (χ1) is 11.0. The topological polar surface area (TPSA) is 90.0 Å². The summed E-state index contributed by atoms with van der Waals surface area (Å²) in [5, 5.41) is 22.3. The van der Waals surface area contributed by atoms with Crippen molar-refractivity contribution in [3.8, 4) is 11.1 Å². The van der Waals surface area contributed by atoms with Gasteiger partial charge in [-0.2, -0.15) is 5.10 Å². The van der Waals surface area contributed by atoms with Gasteiger partial charge in [-0.3, -0.25) is 10.4 Å². The van der Waals surface area contributed by atoms with Gasteiger partial charge in [0.05, 0.1) is 10.5 Å². The molecule has 7 heteroatoms. The molecule has 0 bridgehead atoms. The van der Waals surface area contributed by atoms with E-state index in [0.717, 1.165) is 16.5 Å². The molecule has 118 valence electrons. The Bertz CT molecular complexity index is 846. The summed E-state index contributed by atoms with van der Waals surface area (Å²) in [4.78, 5) is 11.7. The quantitative estimate of drug-likeness (QED) is 0.555. The number of nitrogens with one attached hydrogen (secondary N) is 3. The molecule has 6 nitrogen and oxygen atoms in total. The third-order valence-electron chi connectivity index (χ3n) is 3.31. The van der Waals surface area contributed by atoms with E-state index in [0.29, 0.717) is 16.4 Å². The number of benzene rings is 2. The Morgan fingerprint density at radius 3 is 2.74 bits per heavy atom. The lowest BCUT2D eigenvalue weighted by Crippen LogP contribution is -2.35. The van der Waals surface area contributed by atoms with Crippen molar-refractivity contribution in [2.75, 3.05) is 5.32 Å². The Labute approximate surface area is 137 Å². The first-order valence-electron chi connectivity index (χ1n) is 7.03. The van der Waals surface area contributed by atoms with Crippen molar-refractivity contribution < 1.29 is 9.90 Å². The van der Waals surface area contributed by atoms with Crippen molar-refractivity contribution in [3.63, 3.8) is 0 Å². The van der Waals surface area contributed by atoms with Gasteiger partial charge < -0.3 is 10.4 Å². The molecule has 3 aromatic rings. The van der Waals surface area contributed by atoms with Crippen LogP contribution in [0.15, 0.2) is 42.5 Å². The molecular weight excluding hydrogens is 316 g/mol. The number of carbonyl (C=O) groups is 1. The number of hydrogen-bond acceptors (Lipinski definition) is 3. The van der Waals surface area contributed by atoms with E-state index in [1.807, 2.05) is 36.4 Å². The monoisotopic (exact) mass is 330 g/mol. The smallest absolute Gasteiger partial charge is 0.322 e. The molecule has 1 heterocycles. The lowest BCUT2D eigenvalue weighted by Gasteiger charge is -2.08. The Kier molecular flexibility index (Phi) is 4.18. The molecule has 4 N–H and O–H groups in total. The number of aromatic amines is 1. The van der Waals surface area contributed by atoms with Gasteiger partial charge in [-0.05, 0) is 24.6 Å². The second-order valence-electron chi connectivity index (χ2n) is 5.09. The van der Waals surface area contributed by atoms with Crippen molar-refractivity contribution in [3.05, 3.63) is 47.5 Å². The minimum absolute atomic E-state index is 0.368. The van der Waals surface area contributed by atoms with Crippen LogP contribution < -0.4 is 10.6 Å². The van der Waals surface area contributed by atoms with Gasteiger partial charge in [0.25, 0.3) is 0 Å². The molecule has 1 atom stereocenters. The number of aromatic nitrogens is 2. The van der Waals surface area contributed by atoms with Crippen LogP contribution in [0.25, 0.3) is 22.0 Å². The third-order valence-corrected chi connectivity index (χ3v) is 3.62. The summed E-state index contributed by atoms with van der Waals surface area (Å²) in [5.74, 6) is 0.368. The maximum Gasteiger partial charge on any atom is 0.322 e. The zero-order valence-corrected chi connectivity index (χ0v) is 13.1. The number of anilines is 1. The minimum atomic E-state index is -0.950. The highest BCUT2D eigenvalue weighted by Gasteiger charge is 2.13. The molecule has 2 aromatic carbocycles. The van der Waals surface area contributed by atoms with Gasteiger partial charge in [0.2, 0.25) is 0 Å². The number of urea groups is 1. The van der Waals surface area contributed by atoms with Crippen LogP contribution in [0.3, 0.4) is 0 Å². The number of H-pyrrole nitrogens is 1. The highest BCUT2D eigenvalue weighted by Crippen LogP contribution is 2.33. The number of aliphatic hydroxyl groups is 1. The molecule has 0 fully saturated rings. The van der Waals surface area contributed by atoms with Crippen LogP contribution in [0, 0.1) is 0 Å². The molecule has 1 unspecified atom stereocenters. The first-order valence-corrected chi connectivity index (χ1v) is 7.41. The Hall–Kier alpha value is -2.57. The third kappa shape index (κ3) is 3.28. The van der Waals surface area contributed by atoms with E-state index in [9.17, 15) is 9.90 Å². The molecule has 0 spiro atoms. The lowest BCUT2D eigenvalue weighted by molar-refractivity contribution is 0.162. The summed E-state index contributed by atoms with van der Waals surface area (Å²) in [6, 6.07) is 12.8. The van der Waals surface area contributed by atoms with Crippen molar-refractivity contribution in [2.24, 2.45) is 0 Å². The van der Waals surface area contributed by atoms with Crippen LogP contribution in [0.2, 0.25) is 5.02 Å². The van der Waals surface area contributed by atoms with E-state index < -0.39 is 12.3 Å². The van der Waals surface area contributed by atoms with E-state index in [2.05, 4.69) is 20.8 Å². The zero-order valence-electron chi connectivity index (χ0n) is 12.3. The summed E-state index contributed by atoms with van der Waals surface area (Å²) >= 11 is 6.34. The van der Waals surface area contributed by atoms with E-state index in [-0.39, 0.29) is 0 Å². The van der Waals surface area contributed by atoms with E-state index in [1.54, 1.807) is 6.07 Å². The minimum Gasteiger partial charge on any atom is -0.374 e. The molecule has 23 heavy (non-hydrogen) atoms. The normalized spacial score (nSPS) is 12.1. The zero-order chi connectivity index (χ0) is 16.4. The van der Waals surface area contributed by atoms with Crippen LogP contribution in [0.5, 0.6) is 0 Å². The van der Waals surface area contributed by atoms with Gasteiger partial charge in [-0.1, -0.05) is 41.9 Å². The number of aliphatic hydroxyl groups excluding tert-OH is 1. The van der Waals surface area contributed by atoms with Crippen LogP contribution in [-0.2, 0) is 0 Å². The molecule has 2 amide bonds. The van der Waals surface area contributed by atoms with Crippen molar-refractivity contribution in [1.82, 2.24) is 15.5 Å². The van der Waals surface area contributed by atoms with Crippen LogP contribution in [0.1, 0.15) is 6.92 Å². The predicted octanol–water partition coefficient (Wildman–Crippen LogP) is 3.34. The fourth-order valence-electron chi connectivity index (χ4n) is 2.31. The number of carbonyl (C=O) groups excluding carboxylic acids is 1. The summed E-state index contributed by atoms with van der Waals surface area (Å²) in [6.45, 7) is 1.45. The fourth-order valence-corrected chi connectivity index (χ4v) is 2.58. The van der Waals surface area contributed by atoms with Gasteiger partial charge in [0.15, 0.2) is 5.82 Å². The molecule has 0 aliphatic rings. The van der Waals surface area contributed by atoms with Gasteiger partial charge >= 0.3 is 6.03 Å². The average molecular weight is 331 g/mol. The highest BCUT2D eigenvalue weighted by atomic mass is 35.5. The summed E-state index contributed by atoms with van der Waals surface area (Å²) in [6.07, 6.45) is -0.950. The lowest BCUT2D eigenvalue weighted by atomic mass is 10.0. The van der Waals surface area contributed by atoms with E-state index >= 15 is 0 Å². The van der Waals surface area contributed by atoms with Gasteiger partial charge in [-0.25, -0.2) is 4.79 Å². The molecule has 0 aliphatic heterocycles.